The topological polar surface area (TPSA) is 26.0 Å². The van der Waals surface area contributed by atoms with Gasteiger partial charge in [-0.1, -0.05) is 51.2 Å². The molecule has 2 N–H and O–H groups in total. The summed E-state index contributed by atoms with van der Waals surface area (Å²) in [6, 6.07) is 6.64. The standard InChI is InChI=1S/C16H25N/c1-2-15-11-10-14(12-16(15)17)9-8-13-6-4-3-5-7-13/h10-13H,2-9,17H2,1H3. The van der Waals surface area contributed by atoms with Gasteiger partial charge in [-0.05, 0) is 42.4 Å². The summed E-state index contributed by atoms with van der Waals surface area (Å²) in [4.78, 5) is 0. The Labute approximate surface area is 105 Å². The third kappa shape index (κ3) is 3.49. The SMILES string of the molecule is CCc1ccc(CCC2CCCCC2)cc1N. The van der Waals surface area contributed by atoms with E-state index in [-0.39, 0.29) is 0 Å². The van der Waals surface area contributed by atoms with Gasteiger partial charge < -0.3 is 5.73 Å². The quantitative estimate of drug-likeness (QED) is 0.766. The number of rotatable bonds is 4. The van der Waals surface area contributed by atoms with E-state index < -0.39 is 0 Å². The molecule has 0 saturated heterocycles. The molecule has 1 aromatic carbocycles. The molecule has 0 aromatic heterocycles. The summed E-state index contributed by atoms with van der Waals surface area (Å²) in [6.07, 6.45) is 10.8. The molecule has 0 spiro atoms. The van der Waals surface area contributed by atoms with E-state index in [0.717, 1.165) is 18.0 Å². The molecule has 1 aliphatic rings. The second kappa shape index (κ2) is 6.09. The van der Waals surface area contributed by atoms with Crippen LogP contribution in [0, 0.1) is 5.92 Å². The molecule has 2 rings (SSSR count). The van der Waals surface area contributed by atoms with E-state index in [9.17, 15) is 0 Å². The lowest BCUT2D eigenvalue weighted by Crippen LogP contribution is -2.07. The summed E-state index contributed by atoms with van der Waals surface area (Å²) in [6.45, 7) is 2.16. The molecule has 0 atom stereocenters. The van der Waals surface area contributed by atoms with Gasteiger partial charge in [0.15, 0.2) is 0 Å². The summed E-state index contributed by atoms with van der Waals surface area (Å²) in [5.41, 5.74) is 9.73. The van der Waals surface area contributed by atoms with Crippen molar-refractivity contribution < 1.29 is 0 Å². The van der Waals surface area contributed by atoms with Crippen LogP contribution in [0.25, 0.3) is 0 Å². The van der Waals surface area contributed by atoms with Crippen LogP contribution in [-0.4, -0.2) is 0 Å². The van der Waals surface area contributed by atoms with Crippen LogP contribution < -0.4 is 5.73 Å². The van der Waals surface area contributed by atoms with Crippen molar-refractivity contribution in [1.29, 1.82) is 0 Å². The molecule has 1 saturated carbocycles. The maximum Gasteiger partial charge on any atom is 0.0349 e. The Morgan fingerprint density at radius 2 is 1.94 bits per heavy atom. The van der Waals surface area contributed by atoms with Crippen LogP contribution in [0.4, 0.5) is 5.69 Å². The van der Waals surface area contributed by atoms with Crippen LogP contribution in [0.2, 0.25) is 0 Å². The van der Waals surface area contributed by atoms with E-state index in [4.69, 9.17) is 5.73 Å². The Balaban J connectivity index is 1.87. The maximum atomic E-state index is 6.04. The molecule has 17 heavy (non-hydrogen) atoms. The highest BCUT2D eigenvalue weighted by molar-refractivity contribution is 5.49. The highest BCUT2D eigenvalue weighted by Crippen LogP contribution is 2.28. The minimum Gasteiger partial charge on any atom is -0.398 e. The fourth-order valence-electron chi connectivity index (χ4n) is 2.97. The second-order valence-corrected chi connectivity index (χ2v) is 5.43. The predicted octanol–water partition coefficient (Wildman–Crippen LogP) is 4.34. The minimum atomic E-state index is 0.968. The smallest absolute Gasteiger partial charge is 0.0349 e. The van der Waals surface area contributed by atoms with Crippen molar-refractivity contribution in [3.63, 3.8) is 0 Å². The van der Waals surface area contributed by atoms with Gasteiger partial charge in [0.2, 0.25) is 0 Å². The molecular formula is C16H25N. The maximum absolute atomic E-state index is 6.04. The molecule has 0 bridgehead atoms. The molecule has 0 radical (unpaired) electrons. The number of anilines is 1. The molecule has 0 aliphatic heterocycles. The first kappa shape index (κ1) is 12.5. The summed E-state index contributed by atoms with van der Waals surface area (Å²) >= 11 is 0. The number of nitrogens with two attached hydrogens (primary N) is 1. The lowest BCUT2D eigenvalue weighted by molar-refractivity contribution is 0.339. The molecule has 1 nitrogen and oxygen atoms in total. The average Bonchev–Trinajstić information content (AvgIpc) is 2.38. The Bertz CT molecular complexity index is 351. The Morgan fingerprint density at radius 3 is 2.59 bits per heavy atom. The first-order valence-corrected chi connectivity index (χ1v) is 7.17. The molecule has 1 aromatic rings. The molecule has 0 unspecified atom stereocenters. The van der Waals surface area contributed by atoms with Crippen molar-refractivity contribution >= 4 is 5.69 Å². The Morgan fingerprint density at radius 1 is 1.18 bits per heavy atom. The number of benzene rings is 1. The highest BCUT2D eigenvalue weighted by Gasteiger charge is 2.13. The van der Waals surface area contributed by atoms with Crippen LogP contribution in [0.3, 0.4) is 0 Å². The molecule has 1 aliphatic carbocycles. The van der Waals surface area contributed by atoms with Crippen molar-refractivity contribution in [2.45, 2.75) is 58.3 Å². The van der Waals surface area contributed by atoms with Crippen LogP contribution in [-0.2, 0) is 12.8 Å². The van der Waals surface area contributed by atoms with Crippen LogP contribution >= 0.6 is 0 Å². The minimum absolute atomic E-state index is 0.968. The van der Waals surface area contributed by atoms with Gasteiger partial charge >= 0.3 is 0 Å². The zero-order chi connectivity index (χ0) is 12.1. The number of hydrogen-bond donors (Lipinski definition) is 1. The Kier molecular flexibility index (Phi) is 4.47. The molecule has 0 heterocycles. The van der Waals surface area contributed by atoms with Gasteiger partial charge in [0.1, 0.15) is 0 Å². The zero-order valence-corrected chi connectivity index (χ0v) is 11.0. The zero-order valence-electron chi connectivity index (χ0n) is 11.0. The van der Waals surface area contributed by atoms with E-state index in [2.05, 4.69) is 25.1 Å². The van der Waals surface area contributed by atoms with E-state index >= 15 is 0 Å². The molecule has 1 fully saturated rings. The van der Waals surface area contributed by atoms with Crippen molar-refractivity contribution in [3.8, 4) is 0 Å². The van der Waals surface area contributed by atoms with Crippen molar-refractivity contribution in [1.82, 2.24) is 0 Å². The largest absolute Gasteiger partial charge is 0.398 e. The van der Waals surface area contributed by atoms with E-state index in [0.29, 0.717) is 0 Å². The average molecular weight is 231 g/mol. The predicted molar refractivity (Wildman–Crippen MR) is 75.1 cm³/mol. The van der Waals surface area contributed by atoms with Crippen LogP contribution in [0.15, 0.2) is 18.2 Å². The van der Waals surface area contributed by atoms with E-state index in [1.165, 1.54) is 56.1 Å². The fraction of sp³-hybridized carbons (Fsp3) is 0.625. The number of aryl methyl sites for hydroxylation is 2. The second-order valence-electron chi connectivity index (χ2n) is 5.43. The van der Waals surface area contributed by atoms with Gasteiger partial charge in [-0.15, -0.1) is 0 Å². The van der Waals surface area contributed by atoms with E-state index in [1.54, 1.807) is 0 Å². The van der Waals surface area contributed by atoms with Gasteiger partial charge in [-0.25, -0.2) is 0 Å². The normalized spacial score (nSPS) is 17.2. The fourth-order valence-corrected chi connectivity index (χ4v) is 2.97. The molecular weight excluding hydrogens is 206 g/mol. The van der Waals surface area contributed by atoms with Crippen LogP contribution in [0.5, 0.6) is 0 Å². The van der Waals surface area contributed by atoms with Gasteiger partial charge in [0.25, 0.3) is 0 Å². The number of hydrogen-bond acceptors (Lipinski definition) is 1. The lowest BCUT2D eigenvalue weighted by Gasteiger charge is -2.21. The molecule has 94 valence electrons. The number of nitrogen functional groups attached to an aromatic ring is 1. The summed E-state index contributed by atoms with van der Waals surface area (Å²) in [5.74, 6) is 0.968. The highest BCUT2D eigenvalue weighted by atomic mass is 14.6. The molecule has 0 amide bonds. The summed E-state index contributed by atoms with van der Waals surface area (Å²) < 4.78 is 0. The van der Waals surface area contributed by atoms with Crippen LogP contribution in [0.1, 0.15) is 56.6 Å². The first-order chi connectivity index (χ1) is 8.29. The summed E-state index contributed by atoms with van der Waals surface area (Å²) in [7, 11) is 0. The third-order valence-electron chi connectivity index (χ3n) is 4.16. The summed E-state index contributed by atoms with van der Waals surface area (Å²) in [5, 5.41) is 0. The monoisotopic (exact) mass is 231 g/mol. The first-order valence-electron chi connectivity index (χ1n) is 7.17. The Hall–Kier alpha value is -0.980. The van der Waals surface area contributed by atoms with E-state index in [1.807, 2.05) is 0 Å². The van der Waals surface area contributed by atoms with Crippen molar-refractivity contribution in [2.75, 3.05) is 5.73 Å². The lowest BCUT2D eigenvalue weighted by atomic mass is 9.85. The van der Waals surface area contributed by atoms with Gasteiger partial charge in [0, 0.05) is 5.69 Å². The van der Waals surface area contributed by atoms with Crippen molar-refractivity contribution in [2.24, 2.45) is 5.92 Å². The molecule has 1 heteroatoms. The van der Waals surface area contributed by atoms with Gasteiger partial charge in [0.05, 0.1) is 0 Å². The van der Waals surface area contributed by atoms with Crippen molar-refractivity contribution in [3.05, 3.63) is 29.3 Å². The van der Waals surface area contributed by atoms with Gasteiger partial charge in [-0.2, -0.15) is 0 Å². The van der Waals surface area contributed by atoms with Gasteiger partial charge in [-0.3, -0.25) is 0 Å². The third-order valence-corrected chi connectivity index (χ3v) is 4.16.